The molecule has 1 aromatic carbocycles. The van der Waals surface area contributed by atoms with Gasteiger partial charge in [0.1, 0.15) is 0 Å². The highest BCUT2D eigenvalue weighted by Gasteiger charge is 2.27. The molecule has 0 spiro atoms. The molecule has 5 heteroatoms. The second-order valence-corrected chi connectivity index (χ2v) is 6.57. The Morgan fingerprint density at radius 2 is 2.18 bits per heavy atom. The Kier molecular flexibility index (Phi) is 3.42. The van der Waals surface area contributed by atoms with Crippen LogP contribution in [0.25, 0.3) is 4.96 Å². The Morgan fingerprint density at radius 3 is 3.05 bits per heavy atom. The first-order valence-corrected chi connectivity index (χ1v) is 8.44. The van der Waals surface area contributed by atoms with E-state index < -0.39 is 0 Å². The molecule has 0 radical (unpaired) electrons. The van der Waals surface area contributed by atoms with Crippen molar-refractivity contribution >= 4 is 22.2 Å². The Bertz CT molecular complexity index is 806. The van der Waals surface area contributed by atoms with E-state index in [1.54, 1.807) is 11.3 Å². The van der Waals surface area contributed by atoms with Gasteiger partial charge in [0.05, 0.1) is 17.9 Å². The van der Waals surface area contributed by atoms with Crippen LogP contribution in [-0.2, 0) is 17.8 Å². The normalized spacial score (nSPS) is 18.0. The van der Waals surface area contributed by atoms with Crippen molar-refractivity contribution in [3.63, 3.8) is 0 Å². The summed E-state index contributed by atoms with van der Waals surface area (Å²) in [5.74, 6) is 0.349. The summed E-state index contributed by atoms with van der Waals surface area (Å²) in [4.78, 5) is 17.7. The van der Waals surface area contributed by atoms with Crippen molar-refractivity contribution in [2.24, 2.45) is 0 Å². The standard InChI is InChI=1S/C17H17N3OS/c21-15-10-13(7-6-12-4-2-1-3-5-12)16-14(11-18-15)19-17-20(16)8-9-22-17/h1-5,8-9,13H,6-7,10-11H2,(H,18,21)/t13-/m0/s1. The molecule has 22 heavy (non-hydrogen) atoms. The van der Waals surface area contributed by atoms with E-state index in [4.69, 9.17) is 0 Å². The molecular weight excluding hydrogens is 294 g/mol. The Balaban J connectivity index is 1.66. The number of amides is 1. The maximum atomic E-state index is 12.0. The number of hydrogen-bond donors (Lipinski definition) is 1. The highest BCUT2D eigenvalue weighted by atomic mass is 32.1. The van der Waals surface area contributed by atoms with Gasteiger partial charge in [-0.1, -0.05) is 30.3 Å². The minimum absolute atomic E-state index is 0.125. The molecule has 3 heterocycles. The number of hydrogen-bond acceptors (Lipinski definition) is 3. The lowest BCUT2D eigenvalue weighted by Crippen LogP contribution is -2.21. The SMILES string of the molecule is O=C1C[C@H](CCc2ccccc2)c2c(nc3sccn23)CN1. The van der Waals surface area contributed by atoms with Crippen LogP contribution in [0.5, 0.6) is 0 Å². The van der Waals surface area contributed by atoms with Crippen LogP contribution in [0.2, 0.25) is 0 Å². The van der Waals surface area contributed by atoms with Gasteiger partial charge in [-0.15, -0.1) is 11.3 Å². The van der Waals surface area contributed by atoms with Gasteiger partial charge >= 0.3 is 0 Å². The third-order valence-corrected chi connectivity index (χ3v) is 5.03. The van der Waals surface area contributed by atoms with E-state index in [1.807, 2.05) is 6.07 Å². The number of aromatic nitrogens is 2. The van der Waals surface area contributed by atoms with Gasteiger partial charge < -0.3 is 5.32 Å². The smallest absolute Gasteiger partial charge is 0.220 e. The zero-order chi connectivity index (χ0) is 14.9. The van der Waals surface area contributed by atoms with E-state index >= 15 is 0 Å². The molecular formula is C17H17N3OS. The average Bonchev–Trinajstić information content (AvgIpc) is 3.07. The zero-order valence-corrected chi connectivity index (χ0v) is 13.0. The molecule has 1 amide bonds. The third-order valence-electron chi connectivity index (χ3n) is 4.27. The van der Waals surface area contributed by atoms with Crippen molar-refractivity contribution in [2.45, 2.75) is 31.7 Å². The van der Waals surface area contributed by atoms with E-state index in [0.717, 1.165) is 23.5 Å². The first kappa shape index (κ1) is 13.5. The van der Waals surface area contributed by atoms with Crippen LogP contribution >= 0.6 is 11.3 Å². The number of fused-ring (bicyclic) bond motifs is 3. The first-order chi connectivity index (χ1) is 10.8. The molecule has 0 fully saturated rings. The molecule has 4 nitrogen and oxygen atoms in total. The van der Waals surface area contributed by atoms with Crippen LogP contribution in [-0.4, -0.2) is 15.3 Å². The minimum Gasteiger partial charge on any atom is -0.350 e. The molecule has 3 aromatic rings. The van der Waals surface area contributed by atoms with E-state index in [0.29, 0.717) is 13.0 Å². The fraction of sp³-hybridized carbons (Fsp3) is 0.294. The summed E-state index contributed by atoms with van der Waals surface area (Å²) >= 11 is 1.64. The molecule has 0 bridgehead atoms. The summed E-state index contributed by atoms with van der Waals surface area (Å²) in [6, 6.07) is 10.5. The minimum atomic E-state index is 0.125. The molecule has 0 aliphatic carbocycles. The Labute approximate surface area is 132 Å². The number of benzene rings is 1. The molecule has 0 saturated carbocycles. The second-order valence-electron chi connectivity index (χ2n) is 5.70. The average molecular weight is 311 g/mol. The van der Waals surface area contributed by atoms with Gasteiger partial charge in [0.15, 0.2) is 4.96 Å². The molecule has 2 aromatic heterocycles. The highest BCUT2D eigenvalue weighted by Crippen LogP contribution is 2.32. The van der Waals surface area contributed by atoms with E-state index in [1.165, 1.54) is 11.3 Å². The van der Waals surface area contributed by atoms with Gasteiger partial charge in [0.25, 0.3) is 0 Å². The number of carbonyl (C=O) groups is 1. The van der Waals surface area contributed by atoms with Crippen LogP contribution in [0.3, 0.4) is 0 Å². The van der Waals surface area contributed by atoms with E-state index in [-0.39, 0.29) is 11.8 Å². The fourth-order valence-corrected chi connectivity index (χ4v) is 3.95. The highest BCUT2D eigenvalue weighted by molar-refractivity contribution is 7.15. The summed E-state index contributed by atoms with van der Waals surface area (Å²) in [7, 11) is 0. The van der Waals surface area contributed by atoms with Gasteiger partial charge in [-0.3, -0.25) is 9.20 Å². The largest absolute Gasteiger partial charge is 0.350 e. The number of nitrogens with zero attached hydrogens (tertiary/aromatic N) is 2. The van der Waals surface area contributed by atoms with Gasteiger partial charge in [-0.25, -0.2) is 4.98 Å². The van der Waals surface area contributed by atoms with Crippen LogP contribution in [0.4, 0.5) is 0 Å². The van der Waals surface area contributed by atoms with E-state index in [9.17, 15) is 4.79 Å². The summed E-state index contributed by atoms with van der Waals surface area (Å²) in [5, 5.41) is 5.02. The monoisotopic (exact) mass is 311 g/mol. The molecule has 0 saturated heterocycles. The summed E-state index contributed by atoms with van der Waals surface area (Å²) in [6.07, 6.45) is 4.56. The predicted molar refractivity (Wildman–Crippen MR) is 87.0 cm³/mol. The topological polar surface area (TPSA) is 46.4 Å². The summed E-state index contributed by atoms with van der Waals surface area (Å²) in [5.41, 5.74) is 3.56. The zero-order valence-electron chi connectivity index (χ0n) is 12.2. The third kappa shape index (κ3) is 2.41. The van der Waals surface area contributed by atoms with E-state index in [2.05, 4.69) is 50.5 Å². The molecule has 0 unspecified atom stereocenters. The first-order valence-electron chi connectivity index (χ1n) is 7.56. The summed E-state index contributed by atoms with van der Waals surface area (Å²) in [6.45, 7) is 0.546. The van der Waals surface area contributed by atoms with Crippen LogP contribution in [0.15, 0.2) is 41.9 Å². The number of rotatable bonds is 3. The van der Waals surface area contributed by atoms with Crippen molar-refractivity contribution in [1.29, 1.82) is 0 Å². The Morgan fingerprint density at radius 1 is 1.32 bits per heavy atom. The maximum Gasteiger partial charge on any atom is 0.220 e. The van der Waals surface area contributed by atoms with Crippen molar-refractivity contribution in [3.8, 4) is 0 Å². The van der Waals surface area contributed by atoms with Crippen LogP contribution < -0.4 is 5.32 Å². The number of thiazole rings is 1. The van der Waals surface area contributed by atoms with Crippen molar-refractivity contribution in [2.75, 3.05) is 0 Å². The molecule has 1 aliphatic heterocycles. The lowest BCUT2D eigenvalue weighted by Gasteiger charge is -2.14. The maximum absolute atomic E-state index is 12.0. The van der Waals surface area contributed by atoms with Crippen LogP contribution in [0.1, 0.15) is 35.7 Å². The number of aryl methyl sites for hydroxylation is 1. The number of nitrogens with one attached hydrogen (secondary N) is 1. The fourth-order valence-electron chi connectivity index (χ4n) is 3.21. The molecule has 1 N–H and O–H groups in total. The lowest BCUT2D eigenvalue weighted by molar-refractivity contribution is -0.121. The predicted octanol–water partition coefficient (Wildman–Crippen LogP) is 3.13. The van der Waals surface area contributed by atoms with Gasteiger partial charge in [-0.2, -0.15) is 0 Å². The number of carbonyl (C=O) groups excluding carboxylic acids is 1. The van der Waals surface area contributed by atoms with Crippen molar-refractivity contribution < 1.29 is 4.79 Å². The quantitative estimate of drug-likeness (QED) is 0.808. The molecule has 4 rings (SSSR count). The molecule has 112 valence electrons. The van der Waals surface area contributed by atoms with Crippen molar-refractivity contribution in [3.05, 3.63) is 58.9 Å². The van der Waals surface area contributed by atoms with Crippen molar-refractivity contribution in [1.82, 2.24) is 14.7 Å². The van der Waals surface area contributed by atoms with Gasteiger partial charge in [0, 0.05) is 23.9 Å². The Hall–Kier alpha value is -2.14. The lowest BCUT2D eigenvalue weighted by atomic mass is 9.92. The summed E-state index contributed by atoms with van der Waals surface area (Å²) < 4.78 is 2.16. The van der Waals surface area contributed by atoms with Gasteiger partial charge in [0.2, 0.25) is 5.91 Å². The molecule has 1 aliphatic rings. The van der Waals surface area contributed by atoms with Crippen LogP contribution in [0, 0.1) is 0 Å². The van der Waals surface area contributed by atoms with Gasteiger partial charge in [-0.05, 0) is 18.4 Å². The number of imidazole rings is 1. The molecule has 1 atom stereocenters. The second kappa shape index (κ2) is 5.57.